The predicted molar refractivity (Wildman–Crippen MR) is 236 cm³/mol. The van der Waals surface area contributed by atoms with E-state index in [0.29, 0.717) is 24.3 Å². The van der Waals surface area contributed by atoms with E-state index >= 15 is 8.78 Å². The molecule has 2 atom stereocenters. The van der Waals surface area contributed by atoms with Crippen LogP contribution in [0.1, 0.15) is 49.9 Å². The molecule has 0 fully saturated rings. The van der Waals surface area contributed by atoms with Crippen LogP contribution in [0.2, 0.25) is 0 Å². The van der Waals surface area contributed by atoms with Crippen molar-refractivity contribution in [2.45, 2.75) is 63.6 Å². The number of ether oxygens (including phenoxy) is 3. The molecule has 5 heteroatoms. The van der Waals surface area contributed by atoms with Gasteiger partial charge in [0, 0.05) is 10.8 Å². The van der Waals surface area contributed by atoms with Crippen molar-refractivity contribution in [2.24, 2.45) is 0 Å². The molecule has 0 saturated heterocycles. The molecule has 8 aromatic rings. The number of hydrogen-bond acceptors (Lipinski definition) is 3. The van der Waals surface area contributed by atoms with E-state index in [-0.39, 0.29) is 11.5 Å². The third kappa shape index (κ3) is 8.91. The largest absolute Gasteiger partial charge is 0.454 e. The summed E-state index contributed by atoms with van der Waals surface area (Å²) in [5.41, 5.74) is 2.90. The van der Waals surface area contributed by atoms with Gasteiger partial charge in [0.2, 0.25) is 0 Å². The molecule has 0 bridgehead atoms. The number of rotatable bonds is 14. The Bertz CT molecular complexity index is 2500. The first kappa shape index (κ1) is 39.5. The maximum absolute atomic E-state index is 15.4. The van der Waals surface area contributed by atoms with Crippen LogP contribution < -0.4 is 9.47 Å². The molecule has 0 amide bonds. The van der Waals surface area contributed by atoms with Crippen molar-refractivity contribution in [1.29, 1.82) is 0 Å². The molecule has 3 nitrogen and oxygen atoms in total. The average molecular weight is 783 g/mol. The highest BCUT2D eigenvalue weighted by atomic mass is 19.1. The van der Waals surface area contributed by atoms with Gasteiger partial charge in [-0.25, -0.2) is 8.78 Å². The molecule has 0 saturated carbocycles. The van der Waals surface area contributed by atoms with Crippen LogP contribution >= 0.6 is 0 Å². The van der Waals surface area contributed by atoms with Crippen LogP contribution in [0.3, 0.4) is 0 Å². The van der Waals surface area contributed by atoms with Gasteiger partial charge in [0.15, 0.2) is 23.1 Å². The van der Waals surface area contributed by atoms with Crippen LogP contribution in [-0.4, -0.2) is 12.2 Å². The second kappa shape index (κ2) is 16.9. The normalized spacial score (nSPS) is 13.0. The minimum Gasteiger partial charge on any atom is -0.454 e. The van der Waals surface area contributed by atoms with Crippen molar-refractivity contribution in [2.75, 3.05) is 0 Å². The molecule has 8 aromatic carbocycles. The lowest BCUT2D eigenvalue weighted by Crippen LogP contribution is -2.46. The number of halogens is 2. The Balaban J connectivity index is 1.22. The molecule has 0 aliphatic rings. The predicted octanol–water partition coefficient (Wildman–Crippen LogP) is 14.4. The molecule has 8 rings (SSSR count). The number of para-hydroxylation sites is 2. The molecule has 0 aromatic heterocycles. The zero-order chi connectivity index (χ0) is 41.0. The zero-order valence-corrected chi connectivity index (χ0v) is 33.9. The molecule has 0 aliphatic carbocycles. The minimum atomic E-state index is -0.541. The van der Waals surface area contributed by atoms with Gasteiger partial charge >= 0.3 is 0 Å². The Morgan fingerprint density at radius 1 is 0.407 bits per heavy atom. The molecule has 0 N–H and O–H groups in total. The van der Waals surface area contributed by atoms with Gasteiger partial charge in [0.05, 0.1) is 12.2 Å². The lowest BCUT2D eigenvalue weighted by molar-refractivity contribution is -0.0752. The molecule has 0 spiro atoms. The van der Waals surface area contributed by atoms with Crippen molar-refractivity contribution in [3.05, 3.63) is 216 Å². The second-order valence-electron chi connectivity index (χ2n) is 16.4. The molecule has 296 valence electrons. The van der Waals surface area contributed by atoms with Crippen molar-refractivity contribution < 1.29 is 23.0 Å². The van der Waals surface area contributed by atoms with Gasteiger partial charge in [-0.1, -0.05) is 161 Å². The van der Waals surface area contributed by atoms with Crippen LogP contribution in [-0.2, 0) is 28.4 Å². The number of fused-ring (bicyclic) bond motifs is 2. The minimum absolute atomic E-state index is 0.154. The highest BCUT2D eigenvalue weighted by Crippen LogP contribution is 2.40. The van der Waals surface area contributed by atoms with Crippen LogP contribution in [0, 0.1) is 11.6 Å². The summed E-state index contributed by atoms with van der Waals surface area (Å²) in [6.07, 6.45) is 0.0933. The summed E-state index contributed by atoms with van der Waals surface area (Å²) < 4.78 is 50.5. The van der Waals surface area contributed by atoms with Crippen LogP contribution in [0.15, 0.2) is 182 Å². The van der Waals surface area contributed by atoms with Crippen LogP contribution in [0.25, 0.3) is 21.5 Å². The Labute approximate surface area is 345 Å². The van der Waals surface area contributed by atoms with Crippen molar-refractivity contribution in [3.63, 3.8) is 0 Å². The van der Waals surface area contributed by atoms with E-state index in [4.69, 9.17) is 14.2 Å². The Kier molecular flexibility index (Phi) is 11.3. The molecule has 0 radical (unpaired) electrons. The molecule has 0 aliphatic heterocycles. The monoisotopic (exact) mass is 782 g/mol. The summed E-state index contributed by atoms with van der Waals surface area (Å²) in [7, 11) is 0. The van der Waals surface area contributed by atoms with Gasteiger partial charge in [-0.2, -0.15) is 0 Å². The van der Waals surface area contributed by atoms with Gasteiger partial charge < -0.3 is 14.2 Å². The molecular weight excluding hydrogens is 735 g/mol. The average Bonchev–Trinajstić information content (AvgIpc) is 3.25. The van der Waals surface area contributed by atoms with E-state index in [0.717, 1.165) is 43.8 Å². The SMILES string of the molecule is CC(C)(c1ccc2ccccc2c1)C(Cc1ccc(F)c(Oc2ccccc2)c1)OC(Cc1ccc(F)c(Oc2ccccc2)c1)C(C)(C)c1ccc2ccccc2c1. The zero-order valence-electron chi connectivity index (χ0n) is 33.9. The number of benzene rings is 8. The molecule has 59 heavy (non-hydrogen) atoms. The van der Waals surface area contributed by atoms with Crippen molar-refractivity contribution in [3.8, 4) is 23.0 Å². The fourth-order valence-electron chi connectivity index (χ4n) is 7.86. The van der Waals surface area contributed by atoms with Gasteiger partial charge in [0.1, 0.15) is 11.5 Å². The molecule has 2 unspecified atom stereocenters. The van der Waals surface area contributed by atoms with Crippen LogP contribution in [0.5, 0.6) is 23.0 Å². The molecule has 0 heterocycles. The van der Waals surface area contributed by atoms with E-state index in [2.05, 4.69) is 100 Å². The summed E-state index contributed by atoms with van der Waals surface area (Å²) in [5.74, 6) is 0.537. The summed E-state index contributed by atoms with van der Waals surface area (Å²) in [6.45, 7) is 8.87. The van der Waals surface area contributed by atoms with Crippen LogP contribution in [0.4, 0.5) is 8.78 Å². The van der Waals surface area contributed by atoms with E-state index in [9.17, 15) is 0 Å². The number of hydrogen-bond donors (Lipinski definition) is 0. The Hall–Kier alpha value is -6.30. The lowest BCUT2D eigenvalue weighted by atomic mass is 9.74. The Morgan fingerprint density at radius 2 is 0.780 bits per heavy atom. The standard InChI is InChI=1S/C54H48F2O3/c1-53(2,43-27-25-39-15-11-13-17-41(39)35-43)51(33-37-23-29-47(55)49(31-37)57-45-19-7-5-8-20-45)59-52(54(3,4)44-28-26-40-16-12-14-18-42(40)36-44)34-38-24-30-48(56)50(32-38)58-46-21-9-6-10-22-46/h5-32,35-36,51-52H,33-34H2,1-4H3. The van der Waals surface area contributed by atoms with Gasteiger partial charge in [-0.3, -0.25) is 0 Å². The van der Waals surface area contributed by atoms with Crippen molar-refractivity contribution >= 4 is 21.5 Å². The fourth-order valence-corrected chi connectivity index (χ4v) is 7.86. The first-order valence-corrected chi connectivity index (χ1v) is 20.2. The van der Waals surface area contributed by atoms with E-state index in [1.54, 1.807) is 12.1 Å². The first-order chi connectivity index (χ1) is 28.5. The second-order valence-corrected chi connectivity index (χ2v) is 16.4. The lowest BCUT2D eigenvalue weighted by Gasteiger charge is -2.43. The fraction of sp³-hybridized carbons (Fsp3) is 0.185. The quantitative estimate of drug-likeness (QED) is 0.110. The first-order valence-electron chi connectivity index (χ1n) is 20.2. The van der Waals surface area contributed by atoms with Crippen molar-refractivity contribution in [1.82, 2.24) is 0 Å². The topological polar surface area (TPSA) is 27.7 Å². The van der Waals surface area contributed by atoms with E-state index in [1.807, 2.05) is 84.9 Å². The third-order valence-electron chi connectivity index (χ3n) is 11.7. The summed E-state index contributed by atoms with van der Waals surface area (Å²) >= 11 is 0. The van der Waals surface area contributed by atoms with Gasteiger partial charge in [-0.05, 0) is 105 Å². The third-order valence-corrected chi connectivity index (χ3v) is 11.7. The van der Waals surface area contributed by atoms with Gasteiger partial charge in [0.25, 0.3) is 0 Å². The summed E-state index contributed by atoms with van der Waals surface area (Å²) in [6, 6.07) is 58.5. The Morgan fingerprint density at radius 3 is 1.19 bits per heavy atom. The summed E-state index contributed by atoms with van der Waals surface area (Å²) in [4.78, 5) is 0. The van der Waals surface area contributed by atoms with E-state index < -0.39 is 34.7 Å². The maximum Gasteiger partial charge on any atom is 0.165 e. The molecular formula is C54H48F2O3. The van der Waals surface area contributed by atoms with E-state index in [1.165, 1.54) is 12.1 Å². The highest BCUT2D eigenvalue weighted by Gasteiger charge is 2.40. The maximum atomic E-state index is 15.4. The summed E-state index contributed by atoms with van der Waals surface area (Å²) in [5, 5.41) is 4.60. The van der Waals surface area contributed by atoms with Gasteiger partial charge in [-0.15, -0.1) is 0 Å². The smallest absolute Gasteiger partial charge is 0.165 e. The highest BCUT2D eigenvalue weighted by molar-refractivity contribution is 5.84.